The van der Waals surface area contributed by atoms with E-state index in [9.17, 15) is 4.79 Å². The summed E-state index contributed by atoms with van der Waals surface area (Å²) >= 11 is 0. The van der Waals surface area contributed by atoms with E-state index in [0.29, 0.717) is 5.69 Å². The number of aromatic nitrogens is 3. The van der Waals surface area contributed by atoms with Crippen molar-refractivity contribution in [1.82, 2.24) is 20.1 Å². The molecule has 2 aromatic heterocycles. The molecule has 5 nitrogen and oxygen atoms in total. The highest BCUT2D eigenvalue weighted by Gasteiger charge is 2.35. The van der Waals surface area contributed by atoms with Gasteiger partial charge >= 0.3 is 0 Å². The van der Waals surface area contributed by atoms with Gasteiger partial charge in [0.25, 0.3) is 5.91 Å². The summed E-state index contributed by atoms with van der Waals surface area (Å²) in [6, 6.07) is 16.1. The molecule has 1 fully saturated rings. The number of benzene rings is 1. The van der Waals surface area contributed by atoms with Gasteiger partial charge in [0, 0.05) is 36.5 Å². The zero-order chi connectivity index (χ0) is 18.0. The number of H-pyrrole nitrogens is 1. The Morgan fingerprint density at radius 2 is 1.92 bits per heavy atom. The first-order chi connectivity index (χ1) is 12.7. The minimum Gasteiger partial charge on any atom is -0.336 e. The largest absolute Gasteiger partial charge is 0.336 e. The maximum absolute atomic E-state index is 13.0. The van der Waals surface area contributed by atoms with Gasteiger partial charge in [-0.05, 0) is 36.6 Å². The van der Waals surface area contributed by atoms with E-state index in [0.717, 1.165) is 37.2 Å². The fourth-order valence-corrected chi connectivity index (χ4v) is 3.76. The topological polar surface area (TPSA) is 61.9 Å². The number of hydrogen-bond donors (Lipinski definition) is 1. The Hall–Kier alpha value is -2.95. The minimum atomic E-state index is -0.0108. The smallest absolute Gasteiger partial charge is 0.271 e. The zero-order valence-corrected chi connectivity index (χ0v) is 14.9. The van der Waals surface area contributed by atoms with Crippen molar-refractivity contribution in [3.05, 3.63) is 72.2 Å². The van der Waals surface area contributed by atoms with Crippen LogP contribution in [-0.4, -0.2) is 39.1 Å². The number of piperidine rings is 1. The van der Waals surface area contributed by atoms with Gasteiger partial charge in [0.2, 0.25) is 0 Å². The van der Waals surface area contributed by atoms with Gasteiger partial charge in [-0.3, -0.25) is 14.9 Å². The number of pyridine rings is 1. The monoisotopic (exact) mass is 346 g/mol. The number of aromatic amines is 1. The van der Waals surface area contributed by atoms with Crippen LogP contribution in [0.1, 0.15) is 35.8 Å². The molecule has 0 saturated carbocycles. The van der Waals surface area contributed by atoms with E-state index in [2.05, 4.69) is 46.4 Å². The van der Waals surface area contributed by atoms with Crippen LogP contribution in [-0.2, 0) is 5.41 Å². The van der Waals surface area contributed by atoms with Crippen molar-refractivity contribution in [1.29, 1.82) is 0 Å². The lowest BCUT2D eigenvalue weighted by Gasteiger charge is -2.40. The first-order valence-electron chi connectivity index (χ1n) is 8.96. The van der Waals surface area contributed by atoms with Crippen LogP contribution < -0.4 is 0 Å². The molecule has 1 aromatic carbocycles. The standard InChI is InChI=1S/C21H22N4O/c1-21(17-6-3-2-4-7-17)10-5-13-25(15-21)20(26)19-14-18(23-24-19)16-8-11-22-12-9-16/h2-4,6-9,11-12,14H,5,10,13,15H2,1H3,(H,23,24)/t21-/m0/s1. The molecule has 0 unspecified atom stereocenters. The summed E-state index contributed by atoms with van der Waals surface area (Å²) in [6.07, 6.45) is 5.54. The number of nitrogens with one attached hydrogen (secondary N) is 1. The molecular weight excluding hydrogens is 324 g/mol. The molecule has 26 heavy (non-hydrogen) atoms. The molecular formula is C21H22N4O. The first-order valence-corrected chi connectivity index (χ1v) is 8.96. The van der Waals surface area contributed by atoms with Crippen molar-refractivity contribution >= 4 is 5.91 Å². The molecule has 1 aliphatic rings. The summed E-state index contributed by atoms with van der Waals surface area (Å²) in [5.74, 6) is 0.0136. The molecule has 5 heteroatoms. The predicted molar refractivity (Wildman–Crippen MR) is 101 cm³/mol. The number of amides is 1. The van der Waals surface area contributed by atoms with Crippen LogP contribution in [0.5, 0.6) is 0 Å². The van der Waals surface area contributed by atoms with E-state index in [4.69, 9.17) is 0 Å². The van der Waals surface area contributed by atoms with Crippen molar-refractivity contribution in [3.8, 4) is 11.3 Å². The van der Waals surface area contributed by atoms with Gasteiger partial charge in [0.05, 0.1) is 5.69 Å². The zero-order valence-electron chi connectivity index (χ0n) is 14.9. The summed E-state index contributed by atoms with van der Waals surface area (Å²) in [5.41, 5.74) is 3.53. The number of carbonyl (C=O) groups excluding carboxylic acids is 1. The third-order valence-corrected chi connectivity index (χ3v) is 5.24. The summed E-state index contributed by atoms with van der Waals surface area (Å²) in [5, 5.41) is 7.20. The molecule has 1 saturated heterocycles. The van der Waals surface area contributed by atoms with Gasteiger partial charge in [-0.1, -0.05) is 37.3 Å². The van der Waals surface area contributed by atoms with Crippen molar-refractivity contribution < 1.29 is 4.79 Å². The van der Waals surface area contributed by atoms with Crippen molar-refractivity contribution in [3.63, 3.8) is 0 Å². The van der Waals surface area contributed by atoms with Gasteiger partial charge in [0.1, 0.15) is 5.69 Å². The molecule has 1 amide bonds. The van der Waals surface area contributed by atoms with Crippen molar-refractivity contribution in [2.24, 2.45) is 0 Å². The van der Waals surface area contributed by atoms with E-state index in [1.54, 1.807) is 12.4 Å². The van der Waals surface area contributed by atoms with Crippen LogP contribution in [0.15, 0.2) is 60.9 Å². The fourth-order valence-electron chi connectivity index (χ4n) is 3.76. The number of rotatable bonds is 3. The molecule has 1 N–H and O–H groups in total. The Labute approximate surface area is 153 Å². The molecule has 1 aliphatic heterocycles. The summed E-state index contributed by atoms with van der Waals surface area (Å²) < 4.78 is 0. The van der Waals surface area contributed by atoms with Crippen molar-refractivity contribution in [2.45, 2.75) is 25.2 Å². The average molecular weight is 346 g/mol. The highest BCUT2D eigenvalue weighted by Crippen LogP contribution is 2.34. The Morgan fingerprint density at radius 1 is 1.15 bits per heavy atom. The van der Waals surface area contributed by atoms with Crippen LogP contribution in [0.4, 0.5) is 0 Å². The summed E-state index contributed by atoms with van der Waals surface area (Å²) in [7, 11) is 0. The molecule has 1 atom stereocenters. The van der Waals surface area contributed by atoms with Gasteiger partial charge in [0.15, 0.2) is 0 Å². The molecule has 0 spiro atoms. The fraction of sp³-hybridized carbons (Fsp3) is 0.286. The molecule has 3 heterocycles. The van der Waals surface area contributed by atoms with E-state index >= 15 is 0 Å². The maximum atomic E-state index is 13.0. The second kappa shape index (κ2) is 6.75. The van der Waals surface area contributed by atoms with Crippen LogP contribution in [0.3, 0.4) is 0 Å². The van der Waals surface area contributed by atoms with Gasteiger partial charge in [-0.2, -0.15) is 5.10 Å². The van der Waals surface area contributed by atoms with E-state index in [1.165, 1.54) is 5.56 Å². The minimum absolute atomic E-state index is 0.0108. The lowest BCUT2D eigenvalue weighted by atomic mass is 9.76. The molecule has 0 radical (unpaired) electrons. The quantitative estimate of drug-likeness (QED) is 0.787. The van der Waals surface area contributed by atoms with Crippen LogP contribution in [0, 0.1) is 0 Å². The summed E-state index contributed by atoms with van der Waals surface area (Å²) in [4.78, 5) is 19.0. The van der Waals surface area contributed by atoms with E-state index < -0.39 is 0 Å². The molecule has 0 aliphatic carbocycles. The number of likely N-dealkylation sites (tertiary alicyclic amines) is 1. The second-order valence-corrected chi connectivity index (χ2v) is 7.16. The third-order valence-electron chi connectivity index (χ3n) is 5.24. The Morgan fingerprint density at radius 3 is 2.69 bits per heavy atom. The van der Waals surface area contributed by atoms with Crippen LogP contribution in [0.2, 0.25) is 0 Å². The van der Waals surface area contributed by atoms with Gasteiger partial charge in [-0.15, -0.1) is 0 Å². The van der Waals surface area contributed by atoms with Gasteiger partial charge < -0.3 is 4.90 Å². The average Bonchev–Trinajstić information content (AvgIpc) is 3.19. The van der Waals surface area contributed by atoms with Gasteiger partial charge in [-0.25, -0.2) is 0 Å². The highest BCUT2D eigenvalue weighted by molar-refractivity contribution is 5.93. The number of hydrogen-bond acceptors (Lipinski definition) is 3. The van der Waals surface area contributed by atoms with Crippen molar-refractivity contribution in [2.75, 3.05) is 13.1 Å². The maximum Gasteiger partial charge on any atom is 0.271 e. The van der Waals surface area contributed by atoms with Crippen LogP contribution in [0.25, 0.3) is 11.3 Å². The van der Waals surface area contributed by atoms with E-state index in [1.807, 2.05) is 29.2 Å². The normalized spacial score (nSPS) is 20.1. The predicted octanol–water partition coefficient (Wildman–Crippen LogP) is 3.67. The second-order valence-electron chi connectivity index (χ2n) is 7.16. The molecule has 4 rings (SSSR count). The Balaban J connectivity index is 1.54. The first kappa shape index (κ1) is 16.5. The lowest BCUT2D eigenvalue weighted by molar-refractivity contribution is 0.0645. The highest BCUT2D eigenvalue weighted by atomic mass is 16.2. The SMILES string of the molecule is C[C@]1(c2ccccc2)CCCN(C(=O)c2cc(-c3ccncc3)n[nH]2)C1. The van der Waals surface area contributed by atoms with Crippen LogP contribution >= 0.6 is 0 Å². The Kier molecular flexibility index (Phi) is 4.29. The third kappa shape index (κ3) is 3.12. The lowest BCUT2D eigenvalue weighted by Crippen LogP contribution is -2.47. The number of nitrogens with zero attached hydrogens (tertiary/aromatic N) is 3. The summed E-state index contributed by atoms with van der Waals surface area (Å²) in [6.45, 7) is 3.75. The molecule has 3 aromatic rings. The van der Waals surface area contributed by atoms with E-state index in [-0.39, 0.29) is 11.3 Å². The Bertz CT molecular complexity index is 891. The molecule has 0 bridgehead atoms. The number of carbonyl (C=O) groups is 1. The molecule has 132 valence electrons.